The minimum absolute atomic E-state index is 0.00266. The van der Waals surface area contributed by atoms with Gasteiger partial charge in [0, 0.05) is 19.1 Å². The zero-order chi connectivity index (χ0) is 11.3. The summed E-state index contributed by atoms with van der Waals surface area (Å²) in [4.78, 5) is 2.40. The van der Waals surface area contributed by atoms with Crippen molar-refractivity contribution in [2.24, 2.45) is 5.92 Å². The number of morpholine rings is 1. The van der Waals surface area contributed by atoms with Crippen LogP contribution < -0.4 is 0 Å². The Labute approximate surface area is 92.7 Å². The fraction of sp³-hybridized carbons (Fsp3) is 0.833. The van der Waals surface area contributed by atoms with E-state index in [1.54, 1.807) is 0 Å². The highest BCUT2D eigenvalue weighted by molar-refractivity contribution is 4.82. The predicted octanol–water partition coefficient (Wildman–Crippen LogP) is 1.28. The molecule has 1 saturated heterocycles. The summed E-state index contributed by atoms with van der Waals surface area (Å²) in [7, 11) is 0. The molecule has 0 saturated carbocycles. The monoisotopic (exact) mass is 213 g/mol. The van der Waals surface area contributed by atoms with Crippen molar-refractivity contribution >= 4 is 0 Å². The quantitative estimate of drug-likeness (QED) is 0.698. The topological polar surface area (TPSA) is 32.7 Å². The van der Waals surface area contributed by atoms with E-state index in [-0.39, 0.29) is 12.7 Å². The van der Waals surface area contributed by atoms with Gasteiger partial charge in [-0.1, -0.05) is 13.0 Å². The number of hydrogen-bond acceptors (Lipinski definition) is 3. The lowest BCUT2D eigenvalue weighted by Crippen LogP contribution is -2.49. The Balaban J connectivity index is 2.43. The highest BCUT2D eigenvalue weighted by Gasteiger charge is 2.25. The summed E-state index contributed by atoms with van der Waals surface area (Å²) in [5.41, 5.74) is 0. The van der Waals surface area contributed by atoms with E-state index in [1.165, 1.54) is 0 Å². The highest BCUT2D eigenvalue weighted by atomic mass is 16.5. The van der Waals surface area contributed by atoms with Crippen molar-refractivity contribution in [3.05, 3.63) is 12.7 Å². The maximum atomic E-state index is 9.06. The Kier molecular flexibility index (Phi) is 5.29. The lowest BCUT2D eigenvalue weighted by atomic mass is 9.97. The third kappa shape index (κ3) is 3.59. The van der Waals surface area contributed by atoms with Gasteiger partial charge in [-0.15, -0.1) is 6.58 Å². The number of aliphatic hydroxyl groups is 1. The number of allylic oxidation sites excluding steroid dienone is 1. The minimum atomic E-state index is -0.00266. The van der Waals surface area contributed by atoms with Crippen molar-refractivity contribution < 1.29 is 9.84 Å². The lowest BCUT2D eigenvalue weighted by molar-refractivity contribution is -0.0681. The van der Waals surface area contributed by atoms with E-state index in [1.807, 2.05) is 6.08 Å². The Morgan fingerprint density at radius 1 is 1.60 bits per heavy atom. The summed E-state index contributed by atoms with van der Waals surface area (Å²) >= 11 is 0. The first-order valence-electron chi connectivity index (χ1n) is 5.76. The molecule has 1 aliphatic heterocycles. The molecule has 0 amide bonds. The summed E-state index contributed by atoms with van der Waals surface area (Å²) in [6.07, 6.45) is 3.02. The van der Waals surface area contributed by atoms with E-state index in [0.717, 1.165) is 26.1 Å². The normalized spacial score (nSPS) is 27.3. The van der Waals surface area contributed by atoms with E-state index in [0.29, 0.717) is 12.0 Å². The molecule has 0 bridgehead atoms. The van der Waals surface area contributed by atoms with Crippen LogP contribution in [0, 0.1) is 5.92 Å². The van der Waals surface area contributed by atoms with Crippen molar-refractivity contribution in [2.75, 3.05) is 26.3 Å². The summed E-state index contributed by atoms with van der Waals surface area (Å²) in [5, 5.41) is 9.06. The fourth-order valence-electron chi connectivity index (χ4n) is 2.04. The van der Waals surface area contributed by atoms with Gasteiger partial charge in [0.05, 0.1) is 19.3 Å². The van der Waals surface area contributed by atoms with E-state index < -0.39 is 0 Å². The second-order valence-corrected chi connectivity index (χ2v) is 4.41. The van der Waals surface area contributed by atoms with Crippen LogP contribution >= 0.6 is 0 Å². The molecule has 0 spiro atoms. The fourth-order valence-corrected chi connectivity index (χ4v) is 2.04. The maximum absolute atomic E-state index is 9.06. The van der Waals surface area contributed by atoms with Gasteiger partial charge in [0.1, 0.15) is 0 Å². The maximum Gasteiger partial charge on any atom is 0.0932 e. The molecular formula is C12H23NO2. The van der Waals surface area contributed by atoms with Gasteiger partial charge in [0.25, 0.3) is 0 Å². The first kappa shape index (κ1) is 12.7. The number of hydrogen-bond donors (Lipinski definition) is 1. The van der Waals surface area contributed by atoms with Crippen LogP contribution in [0.15, 0.2) is 12.7 Å². The van der Waals surface area contributed by atoms with Crippen LogP contribution in [-0.4, -0.2) is 48.5 Å². The molecule has 3 heteroatoms. The second-order valence-electron chi connectivity index (χ2n) is 4.41. The molecule has 15 heavy (non-hydrogen) atoms. The zero-order valence-electron chi connectivity index (χ0n) is 9.85. The van der Waals surface area contributed by atoms with E-state index in [9.17, 15) is 0 Å². The van der Waals surface area contributed by atoms with Gasteiger partial charge in [0.2, 0.25) is 0 Å². The molecule has 3 nitrogen and oxygen atoms in total. The summed E-state index contributed by atoms with van der Waals surface area (Å²) < 4.78 is 5.44. The Hall–Kier alpha value is -0.380. The van der Waals surface area contributed by atoms with Crippen LogP contribution in [0.4, 0.5) is 0 Å². The van der Waals surface area contributed by atoms with Crippen LogP contribution in [0.25, 0.3) is 0 Å². The van der Waals surface area contributed by atoms with Gasteiger partial charge >= 0.3 is 0 Å². The molecule has 3 unspecified atom stereocenters. The first-order valence-corrected chi connectivity index (χ1v) is 5.76. The third-order valence-electron chi connectivity index (χ3n) is 3.31. The van der Waals surface area contributed by atoms with Gasteiger partial charge in [-0.2, -0.15) is 0 Å². The number of ether oxygens (including phenoxy) is 1. The van der Waals surface area contributed by atoms with Gasteiger partial charge in [-0.3, -0.25) is 4.90 Å². The van der Waals surface area contributed by atoms with E-state index >= 15 is 0 Å². The smallest absolute Gasteiger partial charge is 0.0932 e. The molecule has 88 valence electrons. The molecule has 0 aromatic heterocycles. The van der Waals surface area contributed by atoms with Gasteiger partial charge in [-0.25, -0.2) is 0 Å². The summed E-state index contributed by atoms with van der Waals surface area (Å²) in [6.45, 7) is 10.9. The SMILES string of the molecule is C=CCC(C)C(C)N1CCOC(CO)C1. The number of nitrogens with zero attached hydrogens (tertiary/aromatic N) is 1. The largest absolute Gasteiger partial charge is 0.394 e. The molecule has 0 aliphatic carbocycles. The van der Waals surface area contributed by atoms with Crippen molar-refractivity contribution in [1.29, 1.82) is 0 Å². The van der Waals surface area contributed by atoms with Gasteiger partial charge in [0.15, 0.2) is 0 Å². The molecule has 1 N–H and O–H groups in total. The van der Waals surface area contributed by atoms with Crippen LogP contribution in [0.3, 0.4) is 0 Å². The van der Waals surface area contributed by atoms with Gasteiger partial charge in [-0.05, 0) is 19.3 Å². The molecule has 1 heterocycles. The van der Waals surface area contributed by atoms with Crippen LogP contribution in [0.2, 0.25) is 0 Å². The van der Waals surface area contributed by atoms with Crippen molar-refractivity contribution in [3.8, 4) is 0 Å². The standard InChI is InChI=1S/C12H23NO2/c1-4-5-10(2)11(3)13-6-7-15-12(8-13)9-14/h4,10-12,14H,1,5-9H2,2-3H3. The molecule has 1 rings (SSSR count). The van der Waals surface area contributed by atoms with Crippen molar-refractivity contribution in [3.63, 3.8) is 0 Å². The Morgan fingerprint density at radius 2 is 2.33 bits per heavy atom. The zero-order valence-corrected chi connectivity index (χ0v) is 9.85. The minimum Gasteiger partial charge on any atom is -0.394 e. The van der Waals surface area contributed by atoms with Crippen LogP contribution in [0.5, 0.6) is 0 Å². The number of aliphatic hydroxyl groups excluding tert-OH is 1. The van der Waals surface area contributed by atoms with Crippen LogP contribution in [-0.2, 0) is 4.74 Å². The second kappa shape index (κ2) is 6.26. The summed E-state index contributed by atoms with van der Waals surface area (Å²) in [5.74, 6) is 0.611. The lowest BCUT2D eigenvalue weighted by Gasteiger charge is -2.38. The van der Waals surface area contributed by atoms with E-state index in [2.05, 4.69) is 25.3 Å². The third-order valence-corrected chi connectivity index (χ3v) is 3.31. The molecule has 1 fully saturated rings. The highest BCUT2D eigenvalue weighted by Crippen LogP contribution is 2.17. The Morgan fingerprint density at radius 3 is 2.93 bits per heavy atom. The molecule has 1 aliphatic rings. The molecule has 0 aromatic carbocycles. The molecule has 0 aromatic rings. The predicted molar refractivity (Wildman–Crippen MR) is 61.8 cm³/mol. The van der Waals surface area contributed by atoms with E-state index in [4.69, 9.17) is 9.84 Å². The summed E-state index contributed by atoms with van der Waals surface area (Å²) in [6, 6.07) is 0.529. The number of rotatable bonds is 5. The Bertz CT molecular complexity index is 196. The van der Waals surface area contributed by atoms with Crippen molar-refractivity contribution in [1.82, 2.24) is 4.90 Å². The average Bonchev–Trinajstić information content (AvgIpc) is 2.28. The first-order chi connectivity index (χ1) is 7.19. The molecular weight excluding hydrogens is 190 g/mol. The van der Waals surface area contributed by atoms with Crippen molar-refractivity contribution in [2.45, 2.75) is 32.4 Å². The average molecular weight is 213 g/mol. The van der Waals surface area contributed by atoms with Gasteiger partial charge < -0.3 is 9.84 Å². The van der Waals surface area contributed by atoms with Crippen LogP contribution in [0.1, 0.15) is 20.3 Å². The molecule has 0 radical (unpaired) electrons. The molecule has 3 atom stereocenters.